The monoisotopic (exact) mass is 246 g/mol. The fourth-order valence-electron chi connectivity index (χ4n) is 1.67. The molecule has 0 saturated carbocycles. The van der Waals surface area contributed by atoms with E-state index in [0.29, 0.717) is 6.42 Å². The first-order chi connectivity index (χ1) is 8.69. The Labute approximate surface area is 104 Å². The van der Waals surface area contributed by atoms with Gasteiger partial charge in [-0.3, -0.25) is 5.10 Å². The van der Waals surface area contributed by atoms with Gasteiger partial charge in [-0.15, -0.1) is 0 Å². The predicted molar refractivity (Wildman–Crippen MR) is 65.9 cm³/mol. The van der Waals surface area contributed by atoms with Crippen LogP contribution in [0.4, 0.5) is 0 Å². The van der Waals surface area contributed by atoms with Crippen molar-refractivity contribution >= 4 is 5.97 Å². The number of carboxylic acids is 1. The summed E-state index contributed by atoms with van der Waals surface area (Å²) in [6.45, 7) is 0. The van der Waals surface area contributed by atoms with Crippen LogP contribution in [-0.4, -0.2) is 28.4 Å². The van der Waals surface area contributed by atoms with E-state index in [1.54, 1.807) is 13.2 Å². The van der Waals surface area contributed by atoms with Crippen LogP contribution in [0.1, 0.15) is 21.7 Å². The summed E-state index contributed by atoms with van der Waals surface area (Å²) in [5, 5.41) is 15.2. The van der Waals surface area contributed by atoms with Crippen LogP contribution in [0.5, 0.6) is 5.75 Å². The topological polar surface area (TPSA) is 75.2 Å². The SMILES string of the molecule is COc1ccc(CCc2cc(C(=O)O)[nH]n2)cc1. The number of aromatic amines is 1. The molecule has 0 spiro atoms. The second-order valence-corrected chi connectivity index (χ2v) is 3.93. The first kappa shape index (κ1) is 12.2. The van der Waals surface area contributed by atoms with Crippen LogP contribution in [0.2, 0.25) is 0 Å². The number of nitrogens with one attached hydrogen (secondary N) is 1. The molecule has 2 rings (SSSR count). The van der Waals surface area contributed by atoms with E-state index < -0.39 is 5.97 Å². The molecule has 1 heterocycles. The average molecular weight is 246 g/mol. The number of carbonyl (C=O) groups is 1. The van der Waals surface area contributed by atoms with Gasteiger partial charge >= 0.3 is 5.97 Å². The van der Waals surface area contributed by atoms with Gasteiger partial charge in [-0.05, 0) is 36.6 Å². The number of carboxylic acid groups (broad SMARTS) is 1. The largest absolute Gasteiger partial charge is 0.497 e. The van der Waals surface area contributed by atoms with Crippen LogP contribution in [0.25, 0.3) is 0 Å². The number of rotatable bonds is 5. The molecule has 5 heteroatoms. The summed E-state index contributed by atoms with van der Waals surface area (Å²) in [5.74, 6) is -0.162. The van der Waals surface area contributed by atoms with Crippen molar-refractivity contribution in [1.82, 2.24) is 10.2 Å². The van der Waals surface area contributed by atoms with E-state index in [0.717, 1.165) is 23.4 Å². The van der Waals surface area contributed by atoms with E-state index in [9.17, 15) is 4.79 Å². The molecule has 0 saturated heterocycles. The van der Waals surface area contributed by atoms with Gasteiger partial charge in [0.2, 0.25) is 0 Å². The summed E-state index contributed by atoms with van der Waals surface area (Å²) in [7, 11) is 1.63. The Balaban J connectivity index is 1.95. The molecule has 0 unspecified atom stereocenters. The molecule has 0 bridgehead atoms. The Morgan fingerprint density at radius 1 is 1.33 bits per heavy atom. The minimum Gasteiger partial charge on any atom is -0.497 e. The lowest BCUT2D eigenvalue weighted by Crippen LogP contribution is -1.95. The molecular formula is C13H14N2O3. The smallest absolute Gasteiger partial charge is 0.353 e. The van der Waals surface area contributed by atoms with Crippen molar-refractivity contribution in [2.45, 2.75) is 12.8 Å². The molecule has 5 nitrogen and oxygen atoms in total. The third-order valence-corrected chi connectivity index (χ3v) is 2.69. The molecule has 0 aliphatic rings. The molecule has 0 atom stereocenters. The molecule has 94 valence electrons. The van der Waals surface area contributed by atoms with Crippen LogP contribution < -0.4 is 4.74 Å². The molecule has 0 aliphatic heterocycles. The molecule has 0 fully saturated rings. The lowest BCUT2D eigenvalue weighted by molar-refractivity contribution is 0.0690. The summed E-state index contributed by atoms with van der Waals surface area (Å²) in [6, 6.07) is 9.35. The number of ether oxygens (including phenoxy) is 1. The zero-order chi connectivity index (χ0) is 13.0. The van der Waals surface area contributed by atoms with Gasteiger partial charge in [0.25, 0.3) is 0 Å². The van der Waals surface area contributed by atoms with Crippen LogP contribution in [0.3, 0.4) is 0 Å². The average Bonchev–Trinajstić information content (AvgIpc) is 2.86. The molecule has 1 aromatic heterocycles. The fraction of sp³-hybridized carbons (Fsp3) is 0.231. The number of H-pyrrole nitrogens is 1. The van der Waals surface area contributed by atoms with Crippen molar-refractivity contribution in [2.24, 2.45) is 0 Å². The summed E-state index contributed by atoms with van der Waals surface area (Å²) in [6.07, 6.45) is 1.52. The number of nitrogens with zero attached hydrogens (tertiary/aromatic N) is 1. The highest BCUT2D eigenvalue weighted by Gasteiger charge is 2.07. The van der Waals surface area contributed by atoms with E-state index in [1.165, 1.54) is 0 Å². The molecular weight excluding hydrogens is 232 g/mol. The lowest BCUT2D eigenvalue weighted by Gasteiger charge is -2.02. The highest BCUT2D eigenvalue weighted by atomic mass is 16.5. The summed E-state index contributed by atoms with van der Waals surface area (Å²) in [4.78, 5) is 10.7. The fourth-order valence-corrected chi connectivity index (χ4v) is 1.67. The van der Waals surface area contributed by atoms with Crippen molar-refractivity contribution in [3.63, 3.8) is 0 Å². The normalized spacial score (nSPS) is 10.3. The summed E-state index contributed by atoms with van der Waals surface area (Å²) < 4.78 is 5.08. The van der Waals surface area contributed by atoms with E-state index in [-0.39, 0.29) is 5.69 Å². The maximum absolute atomic E-state index is 10.7. The first-order valence-corrected chi connectivity index (χ1v) is 5.59. The van der Waals surface area contributed by atoms with Crippen LogP contribution >= 0.6 is 0 Å². The third kappa shape index (κ3) is 2.88. The number of methoxy groups -OCH3 is 1. The van der Waals surface area contributed by atoms with Crippen molar-refractivity contribution < 1.29 is 14.6 Å². The first-order valence-electron chi connectivity index (χ1n) is 5.59. The Kier molecular flexibility index (Phi) is 3.62. The van der Waals surface area contributed by atoms with Crippen LogP contribution in [0.15, 0.2) is 30.3 Å². The van der Waals surface area contributed by atoms with Gasteiger partial charge < -0.3 is 9.84 Å². The molecule has 0 radical (unpaired) electrons. The zero-order valence-electron chi connectivity index (χ0n) is 10.0. The second-order valence-electron chi connectivity index (χ2n) is 3.93. The number of aromatic nitrogens is 2. The summed E-state index contributed by atoms with van der Waals surface area (Å²) in [5.41, 5.74) is 2.04. The Morgan fingerprint density at radius 3 is 2.61 bits per heavy atom. The van der Waals surface area contributed by atoms with Crippen LogP contribution in [-0.2, 0) is 12.8 Å². The predicted octanol–water partition coefficient (Wildman–Crippen LogP) is 1.90. The van der Waals surface area contributed by atoms with Gasteiger partial charge in [0.1, 0.15) is 11.4 Å². The number of hydrogen-bond acceptors (Lipinski definition) is 3. The van der Waals surface area contributed by atoms with Crippen LogP contribution in [0, 0.1) is 0 Å². The summed E-state index contributed by atoms with van der Waals surface area (Å²) >= 11 is 0. The number of benzene rings is 1. The Morgan fingerprint density at radius 2 is 2.06 bits per heavy atom. The molecule has 1 aromatic carbocycles. The maximum atomic E-state index is 10.7. The zero-order valence-corrected chi connectivity index (χ0v) is 10.0. The molecule has 0 aliphatic carbocycles. The van der Waals surface area contributed by atoms with Gasteiger partial charge in [-0.25, -0.2) is 4.79 Å². The van der Waals surface area contributed by atoms with Gasteiger partial charge in [0.15, 0.2) is 0 Å². The quantitative estimate of drug-likeness (QED) is 0.844. The van der Waals surface area contributed by atoms with Gasteiger partial charge in [-0.2, -0.15) is 5.10 Å². The minimum atomic E-state index is -0.988. The second kappa shape index (κ2) is 5.35. The molecule has 2 N–H and O–H groups in total. The van der Waals surface area contributed by atoms with E-state index in [1.807, 2.05) is 24.3 Å². The van der Waals surface area contributed by atoms with Crippen molar-refractivity contribution in [3.05, 3.63) is 47.3 Å². The number of aryl methyl sites for hydroxylation is 2. The van der Waals surface area contributed by atoms with Gasteiger partial charge in [0, 0.05) is 0 Å². The van der Waals surface area contributed by atoms with Gasteiger partial charge in [0.05, 0.1) is 12.8 Å². The van der Waals surface area contributed by atoms with Gasteiger partial charge in [-0.1, -0.05) is 12.1 Å². The highest BCUT2D eigenvalue weighted by Crippen LogP contribution is 2.13. The molecule has 0 amide bonds. The van der Waals surface area contributed by atoms with Crippen molar-refractivity contribution in [2.75, 3.05) is 7.11 Å². The highest BCUT2D eigenvalue weighted by molar-refractivity contribution is 5.85. The molecule has 18 heavy (non-hydrogen) atoms. The standard InChI is InChI=1S/C13H14N2O3/c1-18-11-6-3-9(4-7-11)2-5-10-8-12(13(16)17)15-14-10/h3-4,6-8H,2,5H2,1H3,(H,14,15)(H,16,17). The van der Waals surface area contributed by atoms with E-state index >= 15 is 0 Å². The Hall–Kier alpha value is -2.30. The lowest BCUT2D eigenvalue weighted by atomic mass is 10.1. The van der Waals surface area contributed by atoms with Crippen molar-refractivity contribution in [3.8, 4) is 5.75 Å². The molecule has 2 aromatic rings. The van der Waals surface area contributed by atoms with Crippen molar-refractivity contribution in [1.29, 1.82) is 0 Å². The number of hydrogen-bond donors (Lipinski definition) is 2. The van der Waals surface area contributed by atoms with E-state index in [4.69, 9.17) is 9.84 Å². The minimum absolute atomic E-state index is 0.125. The van der Waals surface area contributed by atoms with E-state index in [2.05, 4.69) is 10.2 Å². The third-order valence-electron chi connectivity index (χ3n) is 2.69. The number of aromatic carboxylic acids is 1. The maximum Gasteiger partial charge on any atom is 0.353 e. The Bertz CT molecular complexity index is 531.